The van der Waals surface area contributed by atoms with Crippen LogP contribution in [-0.4, -0.2) is 14.3 Å². The van der Waals surface area contributed by atoms with Crippen molar-refractivity contribution in [1.82, 2.24) is 0 Å². The summed E-state index contributed by atoms with van der Waals surface area (Å²) in [7, 11) is -3.83. The Morgan fingerprint density at radius 2 is 1.42 bits per heavy atom. The first kappa shape index (κ1) is 23.3. The van der Waals surface area contributed by atoms with Crippen molar-refractivity contribution in [1.29, 1.82) is 0 Å². The predicted molar refractivity (Wildman–Crippen MR) is 143 cm³/mol. The van der Waals surface area contributed by atoms with Gasteiger partial charge in [0.25, 0.3) is 15.9 Å². The molecule has 0 saturated heterocycles. The van der Waals surface area contributed by atoms with Crippen LogP contribution in [0, 0.1) is 30.6 Å². The van der Waals surface area contributed by atoms with Crippen LogP contribution in [0.4, 0.5) is 11.4 Å². The summed E-state index contributed by atoms with van der Waals surface area (Å²) in [5.41, 5.74) is 3.48. The van der Waals surface area contributed by atoms with Crippen LogP contribution in [0.3, 0.4) is 0 Å². The number of carbonyl (C=O) groups is 1. The molecule has 3 aromatic rings. The smallest absolute Gasteiger partial charge is 0.262 e. The van der Waals surface area contributed by atoms with Crippen molar-refractivity contribution >= 4 is 27.3 Å². The molecule has 0 spiro atoms. The van der Waals surface area contributed by atoms with Gasteiger partial charge in [0.2, 0.25) is 0 Å². The Bertz CT molecular complexity index is 1360. The van der Waals surface area contributed by atoms with E-state index in [1.54, 1.807) is 43.3 Å². The molecule has 4 bridgehead atoms. The third-order valence-electron chi connectivity index (χ3n) is 8.55. The summed E-state index contributed by atoms with van der Waals surface area (Å²) in [4.78, 5) is 13.1. The molecule has 0 aliphatic heterocycles. The van der Waals surface area contributed by atoms with Gasteiger partial charge >= 0.3 is 0 Å². The number of aryl methyl sites for hydroxylation is 1. The van der Waals surface area contributed by atoms with Gasteiger partial charge in [-0.25, -0.2) is 8.42 Å². The second-order valence-corrected chi connectivity index (χ2v) is 12.6. The third-order valence-corrected chi connectivity index (χ3v) is 10.1. The molecule has 6 heteroatoms. The van der Waals surface area contributed by atoms with Crippen molar-refractivity contribution < 1.29 is 13.2 Å². The number of sulfonamides is 1. The number of hydrogen-bond donors (Lipinski definition) is 2. The Morgan fingerprint density at radius 3 is 2.06 bits per heavy atom. The molecule has 0 aromatic heterocycles. The molecule has 1 amide bonds. The maximum absolute atomic E-state index is 13.0. The minimum absolute atomic E-state index is 0.0937. The molecule has 4 aliphatic rings. The number of benzene rings is 3. The Kier molecular flexibility index (Phi) is 5.87. The summed E-state index contributed by atoms with van der Waals surface area (Å²) in [6.07, 6.45) is 6.98. The van der Waals surface area contributed by atoms with Gasteiger partial charge in [-0.1, -0.05) is 36.4 Å². The van der Waals surface area contributed by atoms with Crippen LogP contribution < -0.4 is 10.0 Å². The van der Waals surface area contributed by atoms with Crippen LogP contribution in [0.5, 0.6) is 0 Å². The van der Waals surface area contributed by atoms with Gasteiger partial charge < -0.3 is 5.32 Å². The number of para-hydroxylation sites is 1. The molecule has 0 heterocycles. The molecule has 36 heavy (non-hydrogen) atoms. The normalized spacial score (nSPS) is 26.5. The number of carbonyl (C=O) groups excluding carboxylic acids is 1. The predicted octanol–water partition coefficient (Wildman–Crippen LogP) is 6.59. The van der Waals surface area contributed by atoms with Crippen LogP contribution in [0.25, 0.3) is 0 Å². The first-order chi connectivity index (χ1) is 17.4. The van der Waals surface area contributed by atoms with Gasteiger partial charge in [0.05, 0.1) is 4.90 Å². The summed E-state index contributed by atoms with van der Waals surface area (Å²) < 4.78 is 28.6. The van der Waals surface area contributed by atoms with Crippen LogP contribution in [0.15, 0.2) is 77.7 Å². The molecule has 0 unspecified atom stereocenters. The molecule has 2 N–H and O–H groups in total. The van der Waals surface area contributed by atoms with Gasteiger partial charge in [-0.2, -0.15) is 0 Å². The fourth-order valence-electron chi connectivity index (χ4n) is 7.21. The van der Waals surface area contributed by atoms with E-state index in [2.05, 4.69) is 22.2 Å². The van der Waals surface area contributed by atoms with Gasteiger partial charge in [0.15, 0.2) is 0 Å². The zero-order valence-electron chi connectivity index (χ0n) is 20.5. The van der Waals surface area contributed by atoms with Crippen molar-refractivity contribution in [3.8, 4) is 0 Å². The van der Waals surface area contributed by atoms with Gasteiger partial charge in [0, 0.05) is 16.9 Å². The van der Waals surface area contributed by atoms with E-state index >= 15 is 0 Å². The Morgan fingerprint density at radius 1 is 0.778 bits per heavy atom. The molecule has 4 saturated carbocycles. The second kappa shape index (κ2) is 9.07. The van der Waals surface area contributed by atoms with Crippen LogP contribution >= 0.6 is 0 Å². The average Bonchev–Trinajstić information content (AvgIpc) is 2.85. The molecular weight excluding hydrogens is 468 g/mol. The molecule has 186 valence electrons. The van der Waals surface area contributed by atoms with Crippen molar-refractivity contribution in [3.05, 3.63) is 89.5 Å². The monoisotopic (exact) mass is 500 g/mol. The van der Waals surface area contributed by atoms with Crippen LogP contribution in [-0.2, 0) is 10.0 Å². The highest BCUT2D eigenvalue weighted by molar-refractivity contribution is 7.92. The first-order valence-corrected chi connectivity index (χ1v) is 14.4. The van der Waals surface area contributed by atoms with E-state index in [4.69, 9.17) is 0 Å². The number of hydrogen-bond acceptors (Lipinski definition) is 3. The Hall–Kier alpha value is -3.12. The lowest BCUT2D eigenvalue weighted by Gasteiger charge is -2.54. The minimum Gasteiger partial charge on any atom is -0.322 e. The molecule has 3 aromatic carbocycles. The third kappa shape index (κ3) is 4.43. The molecule has 0 atom stereocenters. The van der Waals surface area contributed by atoms with Crippen molar-refractivity contribution in [3.63, 3.8) is 0 Å². The zero-order chi connectivity index (χ0) is 24.9. The number of anilines is 2. The highest BCUT2D eigenvalue weighted by Gasteiger charge is 2.48. The number of nitrogens with one attached hydrogen (secondary N) is 2. The van der Waals surface area contributed by atoms with E-state index < -0.39 is 10.0 Å². The Balaban J connectivity index is 1.17. The van der Waals surface area contributed by atoms with E-state index in [0.29, 0.717) is 22.7 Å². The second-order valence-electron chi connectivity index (χ2n) is 11.0. The van der Waals surface area contributed by atoms with E-state index in [0.717, 1.165) is 29.4 Å². The van der Waals surface area contributed by atoms with Gasteiger partial charge in [-0.05, 0) is 116 Å². The lowest BCUT2D eigenvalue weighted by Crippen LogP contribution is -2.43. The van der Waals surface area contributed by atoms with Crippen molar-refractivity contribution in [2.75, 3.05) is 10.0 Å². The van der Waals surface area contributed by atoms with E-state index in [9.17, 15) is 13.2 Å². The van der Waals surface area contributed by atoms with E-state index in [-0.39, 0.29) is 10.8 Å². The molecule has 7 rings (SSSR count). The van der Waals surface area contributed by atoms with Crippen molar-refractivity contribution in [2.24, 2.45) is 23.7 Å². The van der Waals surface area contributed by atoms with E-state index in [1.165, 1.54) is 43.7 Å². The minimum atomic E-state index is -3.83. The number of amides is 1. The molecule has 4 fully saturated rings. The van der Waals surface area contributed by atoms with E-state index in [1.807, 2.05) is 18.2 Å². The maximum Gasteiger partial charge on any atom is 0.262 e. The topological polar surface area (TPSA) is 75.3 Å². The van der Waals surface area contributed by atoms with Crippen molar-refractivity contribution in [2.45, 2.75) is 49.8 Å². The van der Waals surface area contributed by atoms with Gasteiger partial charge in [0.1, 0.15) is 0 Å². The first-order valence-electron chi connectivity index (χ1n) is 13.0. The summed E-state index contributed by atoms with van der Waals surface area (Å²) >= 11 is 0. The van der Waals surface area contributed by atoms with Gasteiger partial charge in [-0.3, -0.25) is 9.52 Å². The average molecular weight is 501 g/mol. The number of rotatable bonds is 6. The summed E-state index contributed by atoms with van der Waals surface area (Å²) in [5, 5.41) is 2.95. The SMILES string of the molecule is Cc1ccc(C(=O)Nc2ccc(C3C4CC5CC(C4)CC3C5)cc2)cc1S(=O)(=O)Nc1ccccc1. The molecular formula is C30H32N2O3S. The molecule has 4 aliphatic carbocycles. The quantitative estimate of drug-likeness (QED) is 0.401. The Labute approximate surface area is 213 Å². The summed E-state index contributed by atoms with van der Waals surface area (Å²) in [6, 6.07) is 21.8. The summed E-state index contributed by atoms with van der Waals surface area (Å²) in [6.45, 7) is 1.73. The van der Waals surface area contributed by atoms with Gasteiger partial charge in [-0.15, -0.1) is 0 Å². The lowest BCUT2D eigenvalue weighted by atomic mass is 9.51. The zero-order valence-corrected chi connectivity index (χ0v) is 21.3. The highest BCUT2D eigenvalue weighted by atomic mass is 32.2. The fourth-order valence-corrected chi connectivity index (χ4v) is 8.54. The molecule has 5 nitrogen and oxygen atoms in total. The maximum atomic E-state index is 13.0. The standard InChI is InChI=1S/C30H32N2O3S/c1-19-7-8-23(18-28(19)36(34,35)32-27-5-3-2-4-6-27)30(33)31-26-11-9-22(10-12-26)29-24-14-20-13-21(16-24)17-25(29)15-20/h2-12,18,20-21,24-25,29,32H,13-17H2,1H3,(H,31,33). The molecule has 0 radical (unpaired) electrons. The van der Waals surface area contributed by atoms with Crippen LogP contribution in [0.1, 0.15) is 59.5 Å². The lowest BCUT2D eigenvalue weighted by molar-refractivity contribution is -0.00277. The summed E-state index contributed by atoms with van der Waals surface area (Å²) in [5.74, 6) is 3.87. The highest BCUT2D eigenvalue weighted by Crippen LogP contribution is 2.59. The fraction of sp³-hybridized carbons (Fsp3) is 0.367. The van der Waals surface area contributed by atoms with Crippen LogP contribution in [0.2, 0.25) is 0 Å². The largest absolute Gasteiger partial charge is 0.322 e.